The van der Waals surface area contributed by atoms with Gasteiger partial charge in [0.15, 0.2) is 5.88 Å². The van der Waals surface area contributed by atoms with E-state index in [4.69, 9.17) is 4.74 Å². The van der Waals surface area contributed by atoms with E-state index in [0.717, 1.165) is 32.4 Å². The van der Waals surface area contributed by atoms with Crippen molar-refractivity contribution in [3.05, 3.63) is 70.1 Å². The number of benzene rings is 1. The highest BCUT2D eigenvalue weighted by Gasteiger charge is 2.29. The quantitative estimate of drug-likeness (QED) is 0.711. The molecule has 1 aliphatic heterocycles. The van der Waals surface area contributed by atoms with E-state index in [2.05, 4.69) is 17.1 Å². The van der Waals surface area contributed by atoms with Gasteiger partial charge in [-0.1, -0.05) is 17.7 Å². The molecule has 3 rings (SSSR count). The van der Waals surface area contributed by atoms with Crippen LogP contribution in [0.15, 0.2) is 47.1 Å². The van der Waals surface area contributed by atoms with E-state index in [-0.39, 0.29) is 5.88 Å². The molecule has 26 heavy (non-hydrogen) atoms. The lowest BCUT2D eigenvalue weighted by molar-refractivity contribution is 0.387. The molecule has 0 saturated carbocycles. The van der Waals surface area contributed by atoms with Gasteiger partial charge in [0.1, 0.15) is 0 Å². The van der Waals surface area contributed by atoms with E-state index >= 15 is 0 Å². The molecule has 0 aliphatic carbocycles. The third kappa shape index (κ3) is 3.11. The summed E-state index contributed by atoms with van der Waals surface area (Å²) in [5, 5.41) is 0. The second-order valence-corrected chi connectivity index (χ2v) is 6.53. The van der Waals surface area contributed by atoms with Crippen LogP contribution in [0.5, 0.6) is 5.88 Å². The number of hydrogen-bond donors (Lipinski definition) is 0. The fourth-order valence-corrected chi connectivity index (χ4v) is 3.57. The second-order valence-electron chi connectivity index (χ2n) is 6.53. The minimum Gasteiger partial charge on any atom is -0.483 e. The molecule has 0 bridgehead atoms. The van der Waals surface area contributed by atoms with Crippen molar-refractivity contribution < 1.29 is 13.4 Å². The Labute approximate surface area is 152 Å². The summed E-state index contributed by atoms with van der Waals surface area (Å²) in [6, 6.07) is 7.36. The van der Waals surface area contributed by atoms with Crippen molar-refractivity contribution in [1.29, 1.82) is 0 Å². The molecule has 6 heteroatoms. The van der Waals surface area contributed by atoms with E-state index in [1.165, 1.54) is 7.11 Å². The van der Waals surface area contributed by atoms with Crippen molar-refractivity contribution in [2.45, 2.75) is 27.7 Å². The molecule has 1 aromatic carbocycles. The fourth-order valence-electron chi connectivity index (χ4n) is 3.57. The Morgan fingerprint density at radius 1 is 1.04 bits per heavy atom. The van der Waals surface area contributed by atoms with Gasteiger partial charge < -0.3 is 4.74 Å². The fraction of sp³-hybridized carbons (Fsp3) is 0.250. The number of halogens is 2. The van der Waals surface area contributed by atoms with Gasteiger partial charge in [0.25, 0.3) is 0 Å². The van der Waals surface area contributed by atoms with Gasteiger partial charge >= 0.3 is 7.40 Å². The van der Waals surface area contributed by atoms with Crippen LogP contribution in [0.25, 0.3) is 5.57 Å². The van der Waals surface area contributed by atoms with Crippen LogP contribution < -0.4 is 4.74 Å². The Morgan fingerprint density at radius 2 is 1.69 bits per heavy atom. The molecular formula is C20H21BF2N2O. The predicted octanol–water partition coefficient (Wildman–Crippen LogP) is 4.98. The summed E-state index contributed by atoms with van der Waals surface area (Å²) in [5.41, 5.74) is 6.73. The Hall–Kier alpha value is -2.63. The van der Waals surface area contributed by atoms with Gasteiger partial charge in [-0.15, -0.1) is 0 Å². The van der Waals surface area contributed by atoms with Crippen molar-refractivity contribution >= 4 is 18.7 Å². The van der Waals surface area contributed by atoms with Gasteiger partial charge in [0, 0.05) is 17.0 Å². The summed E-state index contributed by atoms with van der Waals surface area (Å²) in [4.78, 5) is 4.57. The van der Waals surface area contributed by atoms with Crippen molar-refractivity contribution in [3.63, 3.8) is 0 Å². The zero-order valence-electron chi connectivity index (χ0n) is 15.6. The molecule has 2 aromatic rings. The molecule has 0 amide bonds. The molecule has 0 atom stereocenters. The third-order valence-electron chi connectivity index (χ3n) is 4.50. The van der Waals surface area contributed by atoms with Crippen LogP contribution in [-0.2, 0) is 0 Å². The van der Waals surface area contributed by atoms with E-state index < -0.39 is 7.40 Å². The van der Waals surface area contributed by atoms with Gasteiger partial charge in [0.2, 0.25) is 0 Å². The van der Waals surface area contributed by atoms with Crippen molar-refractivity contribution in [2.24, 2.45) is 4.99 Å². The topological polar surface area (TPSA) is 26.5 Å². The lowest BCUT2D eigenvalue weighted by atomic mass is 9.90. The normalized spacial score (nSPS) is 15.3. The smallest absolute Gasteiger partial charge is 0.483 e. The summed E-state index contributed by atoms with van der Waals surface area (Å²) in [6.45, 7) is 7.91. The zero-order valence-corrected chi connectivity index (χ0v) is 15.6. The van der Waals surface area contributed by atoms with Crippen LogP contribution in [0.1, 0.15) is 34.9 Å². The number of aryl methyl sites for hydroxylation is 3. The van der Waals surface area contributed by atoms with Crippen LogP contribution in [-0.4, -0.2) is 24.7 Å². The number of allylic oxidation sites excluding steroid dienone is 2. The maximum Gasteiger partial charge on any atom is 0.680 e. The van der Waals surface area contributed by atoms with Crippen molar-refractivity contribution in [1.82, 2.24) is 4.48 Å². The molecular weight excluding hydrogens is 333 g/mol. The van der Waals surface area contributed by atoms with Gasteiger partial charge in [-0.25, -0.2) is 0 Å². The second kappa shape index (κ2) is 6.94. The summed E-state index contributed by atoms with van der Waals surface area (Å²) in [5.74, 6) is 0.123. The molecule has 0 spiro atoms. The van der Waals surface area contributed by atoms with E-state index in [1.54, 1.807) is 12.1 Å². The first kappa shape index (κ1) is 18.2. The minimum absolute atomic E-state index is 0.123. The lowest BCUT2D eigenvalue weighted by Gasteiger charge is -2.18. The van der Waals surface area contributed by atoms with Crippen LogP contribution >= 0.6 is 0 Å². The lowest BCUT2D eigenvalue weighted by Crippen LogP contribution is -2.18. The minimum atomic E-state index is -2.72. The molecule has 3 nitrogen and oxygen atoms in total. The van der Waals surface area contributed by atoms with Crippen molar-refractivity contribution in [2.75, 3.05) is 7.11 Å². The van der Waals surface area contributed by atoms with E-state index in [0.29, 0.717) is 17.0 Å². The molecule has 0 fully saturated rings. The summed E-state index contributed by atoms with van der Waals surface area (Å²) in [7, 11) is -1.32. The summed E-state index contributed by atoms with van der Waals surface area (Å²) in [6.07, 6.45) is 3.76. The number of hydrogen-bond acceptors (Lipinski definition) is 2. The highest BCUT2D eigenvalue weighted by atomic mass is 19.2. The van der Waals surface area contributed by atoms with E-state index in [9.17, 15) is 8.63 Å². The first-order valence-corrected chi connectivity index (χ1v) is 8.43. The maximum absolute atomic E-state index is 13.8. The van der Waals surface area contributed by atoms with Crippen LogP contribution in [0.3, 0.4) is 0 Å². The van der Waals surface area contributed by atoms with Crippen LogP contribution in [0.2, 0.25) is 0 Å². The van der Waals surface area contributed by atoms with Crippen LogP contribution in [0, 0.1) is 20.8 Å². The third-order valence-corrected chi connectivity index (χ3v) is 4.50. The highest BCUT2D eigenvalue weighted by molar-refractivity contribution is 6.42. The molecule has 0 radical (unpaired) electrons. The van der Waals surface area contributed by atoms with E-state index in [1.807, 2.05) is 39.8 Å². The number of aromatic nitrogens is 1. The van der Waals surface area contributed by atoms with Crippen molar-refractivity contribution in [3.8, 4) is 5.88 Å². The molecule has 1 aliphatic rings. The monoisotopic (exact) mass is 354 g/mol. The summed E-state index contributed by atoms with van der Waals surface area (Å²) >= 11 is 0. The van der Waals surface area contributed by atoms with Crippen LogP contribution in [0.4, 0.5) is 8.63 Å². The Kier molecular flexibility index (Phi) is 4.85. The van der Waals surface area contributed by atoms with Gasteiger partial charge in [-0.2, -0.15) is 0 Å². The van der Waals surface area contributed by atoms with Gasteiger partial charge in [0.05, 0.1) is 12.8 Å². The largest absolute Gasteiger partial charge is 0.680 e. The predicted molar refractivity (Wildman–Crippen MR) is 103 cm³/mol. The SMILES string of the molecule is COc1ccc(/C(=C2/C=CC(C)=N2)c2c(C)cc(C)cc2C)n1B(F)F. The summed E-state index contributed by atoms with van der Waals surface area (Å²) < 4.78 is 33.7. The zero-order chi connectivity index (χ0) is 19.0. The number of rotatable bonds is 4. The Balaban J connectivity index is 2.38. The number of methoxy groups -OCH3 is 1. The molecule has 2 heterocycles. The number of nitrogens with zero attached hydrogens (tertiary/aromatic N) is 2. The first-order valence-electron chi connectivity index (χ1n) is 8.43. The maximum atomic E-state index is 13.8. The standard InChI is InChI=1S/C20H21BF2N2O/c1-12-10-13(2)19(14(3)11-12)20(16-7-6-15(4)24-16)17-8-9-18(26-5)25(17)21(22)23/h6-11H,1-5H3/b20-16+. The molecule has 1 aromatic heterocycles. The average molecular weight is 354 g/mol. The number of aliphatic imine (C=N–C) groups is 1. The molecule has 0 saturated heterocycles. The molecule has 0 N–H and O–H groups in total. The number of ether oxygens (including phenoxy) is 1. The highest BCUT2D eigenvalue weighted by Crippen LogP contribution is 2.37. The van der Waals surface area contributed by atoms with Gasteiger partial charge in [-0.05, 0) is 68.7 Å². The Morgan fingerprint density at radius 3 is 2.19 bits per heavy atom. The first-order chi connectivity index (χ1) is 12.3. The molecule has 0 unspecified atom stereocenters. The Bertz CT molecular complexity index is 932. The van der Waals surface area contributed by atoms with Gasteiger partial charge in [-0.3, -0.25) is 18.1 Å². The average Bonchev–Trinajstić information content (AvgIpc) is 3.16. The molecule has 134 valence electrons.